The van der Waals surface area contributed by atoms with E-state index in [4.69, 9.17) is 0 Å². The zero-order chi connectivity index (χ0) is 11.7. The van der Waals surface area contributed by atoms with Crippen molar-refractivity contribution in [2.75, 3.05) is 0 Å². The normalized spacial score (nSPS) is 10.7. The molecule has 0 aliphatic carbocycles. The molecule has 0 aliphatic heterocycles. The van der Waals surface area contributed by atoms with E-state index in [9.17, 15) is 4.79 Å². The molecule has 0 bridgehead atoms. The lowest BCUT2D eigenvalue weighted by molar-refractivity contribution is 0.694. The summed E-state index contributed by atoms with van der Waals surface area (Å²) in [7, 11) is 0. The summed E-state index contributed by atoms with van der Waals surface area (Å²) in [5.41, 5.74) is 3.16. The van der Waals surface area contributed by atoms with Gasteiger partial charge in [0, 0.05) is 16.8 Å². The molecule has 2 aromatic rings. The highest BCUT2D eigenvalue weighted by atomic mass is 79.9. The van der Waals surface area contributed by atoms with E-state index >= 15 is 0 Å². The smallest absolute Gasteiger partial charge is 0.290 e. The molecule has 2 aromatic heterocycles. The van der Waals surface area contributed by atoms with Crippen molar-refractivity contribution in [3.63, 3.8) is 0 Å². The van der Waals surface area contributed by atoms with Crippen molar-refractivity contribution in [2.45, 2.75) is 20.4 Å². The van der Waals surface area contributed by atoms with Gasteiger partial charge in [0.2, 0.25) is 0 Å². The van der Waals surface area contributed by atoms with Crippen LogP contribution in [0.15, 0.2) is 21.0 Å². The van der Waals surface area contributed by atoms with Gasteiger partial charge in [-0.1, -0.05) is 0 Å². The predicted octanol–water partition coefficient (Wildman–Crippen LogP) is 2.13. The lowest BCUT2D eigenvalue weighted by Crippen LogP contribution is -2.26. The van der Waals surface area contributed by atoms with Crippen LogP contribution in [0.5, 0.6) is 0 Å². The van der Waals surface area contributed by atoms with Gasteiger partial charge >= 0.3 is 5.69 Å². The third-order valence-corrected chi connectivity index (χ3v) is 4.24. The van der Waals surface area contributed by atoms with Crippen LogP contribution in [0.2, 0.25) is 0 Å². The first-order valence-electron chi connectivity index (χ1n) is 4.70. The Kier molecular flexibility index (Phi) is 3.20. The first-order chi connectivity index (χ1) is 7.59. The van der Waals surface area contributed by atoms with Gasteiger partial charge in [-0.15, -0.1) is 11.3 Å². The van der Waals surface area contributed by atoms with Gasteiger partial charge in [0.15, 0.2) is 0 Å². The Morgan fingerprint density at radius 3 is 2.88 bits per heavy atom. The molecule has 84 valence electrons. The Morgan fingerprint density at radius 1 is 1.50 bits per heavy atom. The molecule has 0 aromatic carbocycles. The van der Waals surface area contributed by atoms with Crippen LogP contribution in [0.4, 0.5) is 0 Å². The maximum Gasteiger partial charge on any atom is 0.348 e. The van der Waals surface area contributed by atoms with Gasteiger partial charge in [-0.25, -0.2) is 4.79 Å². The Hall–Kier alpha value is -1.01. The molecule has 4 nitrogen and oxygen atoms in total. The molecule has 0 radical (unpaired) electrons. The number of aryl methyl sites for hydroxylation is 1. The van der Waals surface area contributed by atoms with Gasteiger partial charge in [-0.3, -0.25) is 9.55 Å². The summed E-state index contributed by atoms with van der Waals surface area (Å²) < 4.78 is 2.53. The minimum atomic E-state index is -0.216. The minimum absolute atomic E-state index is 0.216. The maximum atomic E-state index is 11.8. The highest BCUT2D eigenvalue weighted by Crippen LogP contribution is 2.18. The Balaban J connectivity index is 2.49. The van der Waals surface area contributed by atoms with Crippen LogP contribution in [0.1, 0.15) is 16.3 Å². The van der Waals surface area contributed by atoms with Gasteiger partial charge in [-0.2, -0.15) is 4.98 Å². The maximum absolute atomic E-state index is 11.8. The molecule has 0 aliphatic rings. The Morgan fingerprint density at radius 2 is 2.25 bits per heavy atom. The SMILES string of the molecule is Cc1nc(=O)n(Cc2cncs2)c(C)c1Br. The molecule has 0 saturated carbocycles. The summed E-state index contributed by atoms with van der Waals surface area (Å²) in [5, 5.41) is 0. The second-order valence-corrected chi connectivity index (χ2v) is 5.20. The van der Waals surface area contributed by atoms with Gasteiger partial charge in [0.25, 0.3) is 0 Å². The second-order valence-electron chi connectivity index (χ2n) is 3.43. The van der Waals surface area contributed by atoms with Crippen molar-refractivity contribution in [3.05, 3.63) is 42.9 Å². The molecule has 2 rings (SSSR count). The molecule has 0 N–H and O–H groups in total. The fourth-order valence-electron chi connectivity index (χ4n) is 1.44. The number of hydrogen-bond acceptors (Lipinski definition) is 4. The van der Waals surface area contributed by atoms with E-state index in [1.807, 2.05) is 13.8 Å². The van der Waals surface area contributed by atoms with Crippen molar-refractivity contribution < 1.29 is 0 Å². The van der Waals surface area contributed by atoms with Crippen LogP contribution in [-0.2, 0) is 6.54 Å². The van der Waals surface area contributed by atoms with Crippen molar-refractivity contribution in [1.82, 2.24) is 14.5 Å². The molecule has 0 amide bonds. The second kappa shape index (κ2) is 4.47. The average Bonchev–Trinajstić information content (AvgIpc) is 2.74. The number of halogens is 1. The molecule has 16 heavy (non-hydrogen) atoms. The fraction of sp³-hybridized carbons (Fsp3) is 0.300. The molecule has 6 heteroatoms. The highest BCUT2D eigenvalue weighted by Gasteiger charge is 2.09. The largest absolute Gasteiger partial charge is 0.348 e. The van der Waals surface area contributed by atoms with Gasteiger partial charge < -0.3 is 0 Å². The van der Waals surface area contributed by atoms with Gasteiger partial charge in [0.1, 0.15) is 0 Å². The van der Waals surface area contributed by atoms with E-state index < -0.39 is 0 Å². The van der Waals surface area contributed by atoms with Crippen LogP contribution in [-0.4, -0.2) is 14.5 Å². The molecule has 0 atom stereocenters. The number of thiazole rings is 1. The summed E-state index contributed by atoms with van der Waals surface area (Å²) in [6.45, 7) is 4.25. The fourth-order valence-corrected chi connectivity index (χ4v) is 2.32. The van der Waals surface area contributed by atoms with E-state index in [1.54, 1.807) is 16.3 Å². The van der Waals surface area contributed by atoms with E-state index in [0.29, 0.717) is 6.54 Å². The Bertz CT molecular complexity index is 562. The summed E-state index contributed by atoms with van der Waals surface area (Å²) in [5.74, 6) is 0. The number of nitrogens with zero attached hydrogens (tertiary/aromatic N) is 3. The molecule has 0 unspecified atom stereocenters. The molecule has 0 saturated heterocycles. The first-order valence-corrected chi connectivity index (χ1v) is 6.37. The van der Waals surface area contributed by atoms with Crippen LogP contribution < -0.4 is 5.69 Å². The van der Waals surface area contributed by atoms with E-state index in [1.165, 1.54) is 11.3 Å². The first kappa shape index (κ1) is 11.5. The summed E-state index contributed by atoms with van der Waals surface area (Å²) >= 11 is 4.97. The molecule has 2 heterocycles. The molecule has 0 spiro atoms. The van der Waals surface area contributed by atoms with Gasteiger partial charge in [-0.05, 0) is 29.8 Å². The third-order valence-electron chi connectivity index (χ3n) is 2.33. The van der Waals surface area contributed by atoms with Gasteiger partial charge in [0.05, 0.1) is 22.2 Å². The van der Waals surface area contributed by atoms with Crippen molar-refractivity contribution in [2.24, 2.45) is 0 Å². The lowest BCUT2D eigenvalue weighted by atomic mass is 10.3. The third kappa shape index (κ3) is 2.08. The molecular weight excluding hydrogens is 290 g/mol. The van der Waals surface area contributed by atoms with Crippen LogP contribution in [0.3, 0.4) is 0 Å². The van der Waals surface area contributed by atoms with E-state index in [2.05, 4.69) is 25.9 Å². The topological polar surface area (TPSA) is 47.8 Å². The van der Waals surface area contributed by atoms with Crippen LogP contribution >= 0.6 is 27.3 Å². The van der Waals surface area contributed by atoms with Crippen molar-refractivity contribution in [3.8, 4) is 0 Å². The summed E-state index contributed by atoms with van der Waals surface area (Å²) in [6, 6.07) is 0. The number of aromatic nitrogens is 3. The standard InChI is InChI=1S/C10H10BrN3OS/c1-6-9(11)7(2)14(10(15)13-6)4-8-3-12-5-16-8/h3,5H,4H2,1-2H3. The Labute approximate surface area is 105 Å². The number of hydrogen-bond donors (Lipinski definition) is 0. The highest BCUT2D eigenvalue weighted by molar-refractivity contribution is 9.10. The quantitative estimate of drug-likeness (QED) is 0.853. The van der Waals surface area contributed by atoms with Crippen LogP contribution in [0.25, 0.3) is 0 Å². The molecular formula is C10H10BrN3OS. The lowest BCUT2D eigenvalue weighted by Gasteiger charge is -2.10. The van der Waals surface area contributed by atoms with Crippen molar-refractivity contribution >= 4 is 27.3 Å². The van der Waals surface area contributed by atoms with E-state index in [-0.39, 0.29) is 5.69 Å². The minimum Gasteiger partial charge on any atom is -0.290 e. The zero-order valence-electron chi connectivity index (χ0n) is 8.90. The van der Waals surface area contributed by atoms with Crippen molar-refractivity contribution in [1.29, 1.82) is 0 Å². The van der Waals surface area contributed by atoms with Crippen LogP contribution in [0, 0.1) is 13.8 Å². The average molecular weight is 300 g/mol. The summed E-state index contributed by atoms with van der Waals surface area (Å²) in [4.78, 5) is 20.7. The predicted molar refractivity (Wildman–Crippen MR) is 66.9 cm³/mol. The summed E-state index contributed by atoms with van der Waals surface area (Å²) in [6.07, 6.45) is 1.77. The van der Waals surface area contributed by atoms with E-state index in [0.717, 1.165) is 20.7 Å². The zero-order valence-corrected chi connectivity index (χ0v) is 11.3. The monoisotopic (exact) mass is 299 g/mol. The number of rotatable bonds is 2. The molecule has 0 fully saturated rings.